The second-order valence-electron chi connectivity index (χ2n) is 10.2. The van der Waals surface area contributed by atoms with Gasteiger partial charge in [-0.25, -0.2) is 0 Å². The molecule has 0 spiro atoms. The van der Waals surface area contributed by atoms with Crippen LogP contribution in [0, 0.1) is 0 Å². The number of oxime groups is 1. The van der Waals surface area contributed by atoms with E-state index in [2.05, 4.69) is 34.3 Å². The molecule has 0 bridgehead atoms. The number of amidine groups is 1. The molecule has 4 rings (SSSR count). The van der Waals surface area contributed by atoms with Crippen molar-refractivity contribution in [3.05, 3.63) is 89.5 Å². The van der Waals surface area contributed by atoms with Crippen LogP contribution in [0.25, 0.3) is 12.2 Å². The largest absolute Gasteiger partial charge is 0.494 e. The Bertz CT molecular complexity index is 1320. The second kappa shape index (κ2) is 14.8. The maximum Gasteiger partial charge on any atom is 0.303 e. The molecule has 8 nitrogen and oxygen atoms in total. The highest BCUT2D eigenvalue weighted by Crippen LogP contribution is 2.40. The first-order valence-corrected chi connectivity index (χ1v) is 14.2. The van der Waals surface area contributed by atoms with E-state index >= 15 is 0 Å². The monoisotopic (exact) mass is 557 g/mol. The quantitative estimate of drug-likeness (QED) is 0.0538. The van der Waals surface area contributed by atoms with E-state index in [9.17, 15) is 15.1 Å². The number of fused-ring (bicyclic) bond motifs is 1. The fraction of sp³-hybridized carbons (Fsp3) is 0.333. The molecule has 0 fully saturated rings. The molecular weight excluding hydrogens is 518 g/mol. The number of nitrogens with two attached hydrogens (primary N) is 1. The number of para-hydroxylation sites is 1. The highest BCUT2D eigenvalue weighted by Gasteiger charge is 2.33. The molecule has 0 saturated heterocycles. The number of aliphatic carboxylic acids is 1. The molecule has 0 aliphatic carbocycles. The van der Waals surface area contributed by atoms with Crippen LogP contribution in [0.4, 0.5) is 5.69 Å². The summed E-state index contributed by atoms with van der Waals surface area (Å²) in [5.41, 5.74) is 10.0. The zero-order valence-electron chi connectivity index (χ0n) is 23.5. The van der Waals surface area contributed by atoms with Crippen molar-refractivity contribution in [1.29, 1.82) is 0 Å². The summed E-state index contributed by atoms with van der Waals surface area (Å²) in [7, 11) is 0. The number of hydrogen-bond acceptors (Lipinski definition) is 6. The molecule has 1 aliphatic heterocycles. The maximum absolute atomic E-state index is 11.3. The Kier molecular flexibility index (Phi) is 10.7. The van der Waals surface area contributed by atoms with Crippen LogP contribution in [-0.4, -0.2) is 47.4 Å². The Morgan fingerprint density at radius 2 is 1.88 bits per heavy atom. The summed E-state index contributed by atoms with van der Waals surface area (Å²) in [6, 6.07) is 24.3. The van der Waals surface area contributed by atoms with E-state index in [1.165, 1.54) is 5.56 Å². The number of carboxylic acids is 1. The molecule has 0 amide bonds. The standard InChI is InChI=1S/C33H39N3O5/c1-2-27(18-21-31(37)38)36-23-30(33(34)35-39)41-32-26(12-8-13-29(32)36)17-14-25-15-19-28(20-16-25)40-22-7-6-11-24-9-4-3-5-10-24/h3-5,8-10,12-17,19-20,27,30,39H,2,6-7,11,18,21-23H2,1H3,(H2,34,35)(H,37,38). The van der Waals surface area contributed by atoms with Crippen molar-refractivity contribution < 1.29 is 24.6 Å². The van der Waals surface area contributed by atoms with Crippen LogP contribution in [0.15, 0.2) is 78.0 Å². The molecule has 2 unspecified atom stereocenters. The molecule has 41 heavy (non-hydrogen) atoms. The number of carboxylic acid groups (broad SMARTS) is 1. The smallest absolute Gasteiger partial charge is 0.303 e. The summed E-state index contributed by atoms with van der Waals surface area (Å²) in [5.74, 6) is 0.603. The number of ether oxygens (including phenoxy) is 2. The molecule has 216 valence electrons. The zero-order valence-corrected chi connectivity index (χ0v) is 23.5. The van der Waals surface area contributed by atoms with E-state index in [0.29, 0.717) is 25.3 Å². The molecule has 3 aromatic rings. The number of aryl methyl sites for hydroxylation is 1. The van der Waals surface area contributed by atoms with Gasteiger partial charge in [0.25, 0.3) is 0 Å². The van der Waals surface area contributed by atoms with Crippen molar-refractivity contribution in [3.8, 4) is 11.5 Å². The number of carbonyl (C=O) groups is 1. The third-order valence-corrected chi connectivity index (χ3v) is 7.31. The SMILES string of the molecule is CCC(CCC(=O)O)N1CC(C(N)=NO)Oc2c(C=Cc3ccc(OCCCCc4ccccc4)cc3)cccc21. The number of hydrogen-bond donors (Lipinski definition) is 3. The van der Waals surface area contributed by atoms with Gasteiger partial charge in [0.05, 0.1) is 18.8 Å². The summed E-state index contributed by atoms with van der Waals surface area (Å²) in [6.45, 7) is 3.07. The third-order valence-electron chi connectivity index (χ3n) is 7.31. The van der Waals surface area contributed by atoms with Crippen molar-refractivity contribution in [2.45, 2.75) is 57.6 Å². The van der Waals surface area contributed by atoms with Crippen LogP contribution < -0.4 is 20.1 Å². The van der Waals surface area contributed by atoms with Gasteiger partial charge in [0, 0.05) is 18.0 Å². The van der Waals surface area contributed by atoms with Crippen molar-refractivity contribution in [3.63, 3.8) is 0 Å². The average molecular weight is 558 g/mol. The minimum absolute atomic E-state index is 0.0248. The lowest BCUT2D eigenvalue weighted by atomic mass is 10.0. The van der Waals surface area contributed by atoms with E-state index in [1.807, 2.05) is 67.6 Å². The van der Waals surface area contributed by atoms with Gasteiger partial charge in [-0.05, 0) is 61.4 Å². The molecule has 2 atom stereocenters. The molecule has 1 heterocycles. The summed E-state index contributed by atoms with van der Waals surface area (Å²) in [4.78, 5) is 13.4. The first-order chi connectivity index (χ1) is 20.0. The van der Waals surface area contributed by atoms with Gasteiger partial charge < -0.3 is 30.4 Å². The van der Waals surface area contributed by atoms with Crippen LogP contribution in [0.5, 0.6) is 11.5 Å². The number of benzene rings is 3. The first-order valence-electron chi connectivity index (χ1n) is 14.2. The summed E-state index contributed by atoms with van der Waals surface area (Å²) in [5, 5.41) is 21.7. The summed E-state index contributed by atoms with van der Waals surface area (Å²) in [6.07, 6.45) is 7.74. The Labute approximate surface area is 241 Å². The first kappa shape index (κ1) is 29.5. The van der Waals surface area contributed by atoms with Crippen molar-refractivity contribution >= 4 is 29.6 Å². The van der Waals surface area contributed by atoms with Gasteiger partial charge >= 0.3 is 5.97 Å². The highest BCUT2D eigenvalue weighted by atomic mass is 16.5. The fourth-order valence-corrected chi connectivity index (χ4v) is 5.05. The minimum atomic E-state index is -0.832. The van der Waals surface area contributed by atoms with Gasteiger partial charge in [-0.15, -0.1) is 0 Å². The third kappa shape index (κ3) is 8.27. The van der Waals surface area contributed by atoms with Gasteiger partial charge in [-0.1, -0.05) is 78.8 Å². The maximum atomic E-state index is 11.3. The number of rotatable bonds is 14. The van der Waals surface area contributed by atoms with Gasteiger partial charge in [-0.3, -0.25) is 4.79 Å². The lowest BCUT2D eigenvalue weighted by molar-refractivity contribution is -0.137. The van der Waals surface area contributed by atoms with Crippen molar-refractivity contribution in [2.75, 3.05) is 18.1 Å². The van der Waals surface area contributed by atoms with Crippen molar-refractivity contribution in [2.24, 2.45) is 10.9 Å². The lowest BCUT2D eigenvalue weighted by Crippen LogP contribution is -2.51. The Morgan fingerprint density at radius 1 is 1.10 bits per heavy atom. The topological polar surface area (TPSA) is 118 Å². The number of nitrogens with zero attached hydrogens (tertiary/aromatic N) is 2. The molecule has 1 aliphatic rings. The Morgan fingerprint density at radius 3 is 2.59 bits per heavy atom. The van der Waals surface area contributed by atoms with Gasteiger partial charge in [0.2, 0.25) is 0 Å². The van der Waals surface area contributed by atoms with E-state index in [0.717, 1.165) is 48.2 Å². The van der Waals surface area contributed by atoms with E-state index < -0.39 is 12.1 Å². The van der Waals surface area contributed by atoms with Gasteiger partial charge in [0.15, 0.2) is 17.7 Å². The van der Waals surface area contributed by atoms with E-state index in [1.54, 1.807) is 0 Å². The van der Waals surface area contributed by atoms with Crippen LogP contribution in [-0.2, 0) is 11.2 Å². The minimum Gasteiger partial charge on any atom is -0.494 e. The van der Waals surface area contributed by atoms with Crippen LogP contribution >= 0.6 is 0 Å². The molecular formula is C33H39N3O5. The molecule has 0 aromatic heterocycles. The second-order valence-corrected chi connectivity index (χ2v) is 10.2. The molecule has 4 N–H and O–H groups in total. The Balaban J connectivity index is 1.42. The summed E-state index contributed by atoms with van der Waals surface area (Å²) >= 11 is 0. The lowest BCUT2D eigenvalue weighted by Gasteiger charge is -2.41. The zero-order chi connectivity index (χ0) is 29.0. The predicted molar refractivity (Wildman–Crippen MR) is 163 cm³/mol. The average Bonchev–Trinajstić information content (AvgIpc) is 3.00. The van der Waals surface area contributed by atoms with Gasteiger partial charge in [0.1, 0.15) is 5.75 Å². The molecule has 0 radical (unpaired) electrons. The normalized spacial score (nSPS) is 15.8. The van der Waals surface area contributed by atoms with Crippen LogP contribution in [0.1, 0.15) is 55.7 Å². The highest BCUT2D eigenvalue weighted by molar-refractivity contribution is 5.87. The van der Waals surface area contributed by atoms with Gasteiger partial charge in [-0.2, -0.15) is 0 Å². The van der Waals surface area contributed by atoms with Crippen LogP contribution in [0.3, 0.4) is 0 Å². The summed E-state index contributed by atoms with van der Waals surface area (Å²) < 4.78 is 12.2. The van der Waals surface area contributed by atoms with E-state index in [4.69, 9.17) is 15.2 Å². The molecule has 0 saturated carbocycles. The Hall–Kier alpha value is -4.46. The number of unbranched alkanes of at least 4 members (excludes halogenated alkanes) is 1. The van der Waals surface area contributed by atoms with Crippen LogP contribution in [0.2, 0.25) is 0 Å². The fourth-order valence-electron chi connectivity index (χ4n) is 5.05. The predicted octanol–water partition coefficient (Wildman–Crippen LogP) is 6.22. The number of anilines is 1. The van der Waals surface area contributed by atoms with Crippen molar-refractivity contribution in [1.82, 2.24) is 0 Å². The molecule has 3 aromatic carbocycles. The molecule has 8 heteroatoms. The van der Waals surface area contributed by atoms with E-state index in [-0.39, 0.29) is 18.3 Å².